The van der Waals surface area contributed by atoms with Gasteiger partial charge in [0.05, 0.1) is 12.0 Å². The molecule has 1 unspecified atom stereocenters. The van der Waals surface area contributed by atoms with E-state index in [0.717, 1.165) is 5.56 Å². The molecule has 0 aliphatic carbocycles. The van der Waals surface area contributed by atoms with Crippen LogP contribution in [0.15, 0.2) is 24.3 Å². The molecule has 0 saturated heterocycles. The molecular formula is C15H22N2O4. The fourth-order valence-electron chi connectivity index (χ4n) is 1.72. The molecule has 21 heavy (non-hydrogen) atoms. The second-order valence-corrected chi connectivity index (χ2v) is 5.12. The molecule has 0 aliphatic rings. The molecule has 2 amide bonds. The third-order valence-corrected chi connectivity index (χ3v) is 3.50. The monoisotopic (exact) mass is 294 g/mol. The topological polar surface area (TPSA) is 87.7 Å². The van der Waals surface area contributed by atoms with Crippen molar-refractivity contribution >= 4 is 17.7 Å². The molecule has 6 nitrogen and oxygen atoms in total. The van der Waals surface area contributed by atoms with Gasteiger partial charge in [0, 0.05) is 24.9 Å². The first-order valence-corrected chi connectivity index (χ1v) is 6.78. The van der Waals surface area contributed by atoms with Crippen LogP contribution < -0.4 is 10.6 Å². The summed E-state index contributed by atoms with van der Waals surface area (Å²) in [4.78, 5) is 23.1. The summed E-state index contributed by atoms with van der Waals surface area (Å²) in [6, 6.07) is 6.86. The maximum atomic E-state index is 11.9. The number of carbonyl (C=O) groups excluding carboxylic acids is 1. The van der Waals surface area contributed by atoms with Crippen molar-refractivity contribution in [1.29, 1.82) is 0 Å². The lowest BCUT2D eigenvalue weighted by atomic mass is 9.88. The lowest BCUT2D eigenvalue weighted by Crippen LogP contribution is -2.42. The highest BCUT2D eigenvalue weighted by molar-refractivity contribution is 5.90. The van der Waals surface area contributed by atoms with E-state index in [4.69, 9.17) is 9.84 Å². The predicted octanol–water partition coefficient (Wildman–Crippen LogP) is 2.46. The zero-order valence-electron chi connectivity index (χ0n) is 12.6. The van der Waals surface area contributed by atoms with Crippen LogP contribution in [0.25, 0.3) is 0 Å². The molecular weight excluding hydrogens is 272 g/mol. The lowest BCUT2D eigenvalue weighted by Gasteiger charge is -2.23. The highest BCUT2D eigenvalue weighted by Gasteiger charge is 2.31. The van der Waals surface area contributed by atoms with Crippen LogP contribution in [0.3, 0.4) is 0 Å². The Morgan fingerprint density at radius 3 is 2.57 bits per heavy atom. The van der Waals surface area contributed by atoms with Crippen molar-refractivity contribution in [3.63, 3.8) is 0 Å². The third kappa shape index (κ3) is 4.75. The van der Waals surface area contributed by atoms with E-state index in [0.29, 0.717) is 18.7 Å². The predicted molar refractivity (Wildman–Crippen MR) is 80.2 cm³/mol. The van der Waals surface area contributed by atoms with E-state index in [1.807, 2.05) is 18.2 Å². The molecule has 0 radical (unpaired) electrons. The van der Waals surface area contributed by atoms with Gasteiger partial charge in [0.2, 0.25) is 0 Å². The highest BCUT2D eigenvalue weighted by Crippen LogP contribution is 2.20. The maximum absolute atomic E-state index is 11.9. The van der Waals surface area contributed by atoms with E-state index in [1.165, 1.54) is 0 Å². The third-order valence-electron chi connectivity index (χ3n) is 3.50. The van der Waals surface area contributed by atoms with Gasteiger partial charge >= 0.3 is 12.0 Å². The number of rotatable bonds is 7. The summed E-state index contributed by atoms with van der Waals surface area (Å²) in [5.74, 6) is -0.926. The highest BCUT2D eigenvalue weighted by atomic mass is 16.5. The first-order chi connectivity index (χ1) is 9.92. The van der Waals surface area contributed by atoms with Gasteiger partial charge in [0.1, 0.15) is 0 Å². The molecule has 0 heterocycles. The summed E-state index contributed by atoms with van der Waals surface area (Å²) in [7, 11) is 1.58. The Hall–Kier alpha value is -2.08. The van der Waals surface area contributed by atoms with Crippen molar-refractivity contribution in [2.45, 2.75) is 26.9 Å². The number of carboxylic acid groups (broad SMARTS) is 1. The average Bonchev–Trinajstić information content (AvgIpc) is 2.47. The largest absolute Gasteiger partial charge is 0.481 e. The average molecular weight is 294 g/mol. The van der Waals surface area contributed by atoms with E-state index >= 15 is 0 Å². The quantitative estimate of drug-likeness (QED) is 0.721. The fraction of sp³-hybridized carbons (Fsp3) is 0.467. The standard InChI is InChI=1S/C15H22N2O4/c1-4-15(2,13(18)19)10-16-14(20)17-12-8-6-5-7-11(12)9-21-3/h5-8H,4,9-10H2,1-3H3,(H,18,19)(H2,16,17,20). The van der Waals surface area contributed by atoms with Gasteiger partial charge in [-0.1, -0.05) is 25.1 Å². The Labute approximate surface area is 124 Å². The number of hydrogen-bond donors (Lipinski definition) is 3. The van der Waals surface area contributed by atoms with E-state index in [1.54, 1.807) is 27.0 Å². The van der Waals surface area contributed by atoms with Gasteiger partial charge < -0.3 is 20.5 Å². The minimum absolute atomic E-state index is 0.0666. The molecule has 0 spiro atoms. The molecule has 0 aromatic heterocycles. The van der Waals surface area contributed by atoms with E-state index in [2.05, 4.69) is 10.6 Å². The van der Waals surface area contributed by atoms with E-state index in [9.17, 15) is 9.59 Å². The smallest absolute Gasteiger partial charge is 0.319 e. The number of methoxy groups -OCH3 is 1. The summed E-state index contributed by atoms with van der Waals surface area (Å²) in [5, 5.41) is 14.5. The van der Waals surface area contributed by atoms with Crippen molar-refractivity contribution < 1.29 is 19.4 Å². The van der Waals surface area contributed by atoms with E-state index in [-0.39, 0.29) is 6.54 Å². The van der Waals surface area contributed by atoms with E-state index < -0.39 is 17.4 Å². The number of hydrogen-bond acceptors (Lipinski definition) is 3. The van der Waals surface area contributed by atoms with Gasteiger partial charge in [-0.25, -0.2) is 4.79 Å². The van der Waals surface area contributed by atoms with Gasteiger partial charge in [-0.15, -0.1) is 0 Å². The Balaban J connectivity index is 2.64. The van der Waals surface area contributed by atoms with Crippen LogP contribution in [-0.2, 0) is 16.1 Å². The summed E-state index contributed by atoms with van der Waals surface area (Å²) < 4.78 is 5.06. The zero-order valence-corrected chi connectivity index (χ0v) is 12.6. The maximum Gasteiger partial charge on any atom is 0.319 e. The van der Waals surface area contributed by atoms with Gasteiger partial charge in [0.25, 0.3) is 0 Å². The number of nitrogens with one attached hydrogen (secondary N) is 2. The number of anilines is 1. The van der Waals surface area contributed by atoms with Crippen molar-refractivity contribution in [3.05, 3.63) is 29.8 Å². The fourth-order valence-corrected chi connectivity index (χ4v) is 1.72. The summed E-state index contributed by atoms with van der Waals surface area (Å²) in [5.41, 5.74) is 0.528. The number of benzene rings is 1. The van der Waals surface area contributed by atoms with Crippen molar-refractivity contribution in [1.82, 2.24) is 5.32 Å². The molecule has 1 atom stereocenters. The van der Waals surface area contributed by atoms with Crippen LogP contribution in [0.5, 0.6) is 0 Å². The number of aliphatic carboxylic acids is 1. The Bertz CT molecular complexity index is 504. The molecule has 1 aromatic rings. The van der Waals surface area contributed by atoms with Gasteiger partial charge in [-0.3, -0.25) is 4.79 Å². The first-order valence-electron chi connectivity index (χ1n) is 6.78. The molecule has 0 saturated carbocycles. The second kappa shape index (κ2) is 7.64. The van der Waals surface area contributed by atoms with Crippen LogP contribution >= 0.6 is 0 Å². The number of carboxylic acids is 1. The Morgan fingerprint density at radius 2 is 2.00 bits per heavy atom. The number of amides is 2. The SMILES string of the molecule is CCC(C)(CNC(=O)Nc1ccccc1COC)C(=O)O. The van der Waals surface area contributed by atoms with Crippen molar-refractivity contribution in [3.8, 4) is 0 Å². The van der Waals surface area contributed by atoms with Crippen LogP contribution in [0.4, 0.5) is 10.5 Å². The van der Waals surface area contributed by atoms with Crippen molar-refractivity contribution in [2.75, 3.05) is 19.0 Å². The molecule has 3 N–H and O–H groups in total. The molecule has 0 bridgehead atoms. The number of ether oxygens (including phenoxy) is 1. The van der Waals surface area contributed by atoms with Crippen LogP contribution in [0.2, 0.25) is 0 Å². The van der Waals surface area contributed by atoms with Crippen molar-refractivity contribution in [2.24, 2.45) is 5.41 Å². The van der Waals surface area contributed by atoms with Gasteiger partial charge in [-0.2, -0.15) is 0 Å². The molecule has 0 aliphatic heterocycles. The van der Waals surface area contributed by atoms with Crippen LogP contribution in [0, 0.1) is 5.41 Å². The first kappa shape index (κ1) is 17.0. The summed E-state index contributed by atoms with van der Waals surface area (Å²) in [6.45, 7) is 3.84. The van der Waals surface area contributed by atoms with Gasteiger partial charge in [0.15, 0.2) is 0 Å². The second-order valence-electron chi connectivity index (χ2n) is 5.12. The number of carbonyl (C=O) groups is 2. The summed E-state index contributed by atoms with van der Waals surface area (Å²) >= 11 is 0. The normalized spacial score (nSPS) is 13.3. The number of urea groups is 1. The van der Waals surface area contributed by atoms with Gasteiger partial charge in [-0.05, 0) is 19.4 Å². The number of para-hydroxylation sites is 1. The zero-order chi connectivity index (χ0) is 15.9. The Morgan fingerprint density at radius 1 is 1.33 bits per heavy atom. The van der Waals surface area contributed by atoms with Crippen LogP contribution in [0.1, 0.15) is 25.8 Å². The van der Waals surface area contributed by atoms with Crippen LogP contribution in [-0.4, -0.2) is 30.8 Å². The minimum atomic E-state index is -0.969. The lowest BCUT2D eigenvalue weighted by molar-refractivity contribution is -0.147. The molecule has 1 aromatic carbocycles. The molecule has 6 heteroatoms. The molecule has 1 rings (SSSR count). The molecule has 116 valence electrons. The molecule has 0 fully saturated rings. The Kier molecular flexibility index (Phi) is 6.17. The minimum Gasteiger partial charge on any atom is -0.481 e. The summed E-state index contributed by atoms with van der Waals surface area (Å²) in [6.07, 6.45) is 0.433.